The molecule has 4 nitrogen and oxygen atoms in total. The molecule has 0 unspecified atom stereocenters. The largest absolute Gasteiger partial charge is 0.378 e. The molecule has 0 bridgehead atoms. The normalized spacial score (nSPS) is 14.4. The smallest absolute Gasteiger partial charge is 0.234 e. The van der Waals surface area contributed by atoms with Crippen LogP contribution in [0, 0.1) is 5.82 Å². The highest BCUT2D eigenvalue weighted by Gasteiger charge is 2.15. The van der Waals surface area contributed by atoms with Crippen molar-refractivity contribution in [3.8, 4) is 0 Å². The van der Waals surface area contributed by atoms with E-state index in [1.165, 1.54) is 17.8 Å². The molecule has 0 saturated carbocycles. The Balaban J connectivity index is 1.55. The first-order chi connectivity index (χ1) is 12.1. The lowest BCUT2D eigenvalue weighted by atomic mass is 10.2. The first-order valence-electron chi connectivity index (χ1n) is 7.92. The number of thioether (sulfide) groups is 1. The Morgan fingerprint density at radius 3 is 2.60 bits per heavy atom. The van der Waals surface area contributed by atoms with Gasteiger partial charge in [0, 0.05) is 28.7 Å². The number of ether oxygens (including phenoxy) is 1. The molecule has 1 heterocycles. The van der Waals surface area contributed by atoms with Crippen LogP contribution in [0.15, 0.2) is 47.4 Å². The van der Waals surface area contributed by atoms with E-state index >= 15 is 0 Å². The third kappa shape index (κ3) is 5.11. The Labute approximate surface area is 155 Å². The Bertz CT molecular complexity index is 736. The van der Waals surface area contributed by atoms with Crippen molar-refractivity contribution < 1.29 is 13.9 Å². The minimum absolute atomic E-state index is 0.182. The number of hydrogen-bond acceptors (Lipinski definition) is 4. The molecule has 1 aliphatic rings. The summed E-state index contributed by atoms with van der Waals surface area (Å²) < 4.78 is 19.6. The maximum atomic E-state index is 14.3. The van der Waals surface area contributed by atoms with E-state index in [0.717, 1.165) is 4.90 Å². The summed E-state index contributed by atoms with van der Waals surface area (Å²) in [4.78, 5) is 14.9. The van der Waals surface area contributed by atoms with Crippen LogP contribution in [-0.2, 0) is 9.53 Å². The molecule has 0 aromatic heterocycles. The van der Waals surface area contributed by atoms with E-state index in [1.807, 2.05) is 17.0 Å². The molecule has 7 heteroatoms. The van der Waals surface area contributed by atoms with E-state index in [2.05, 4.69) is 5.32 Å². The van der Waals surface area contributed by atoms with E-state index in [-0.39, 0.29) is 17.5 Å². The van der Waals surface area contributed by atoms with Crippen LogP contribution in [0.1, 0.15) is 0 Å². The van der Waals surface area contributed by atoms with Gasteiger partial charge >= 0.3 is 0 Å². The summed E-state index contributed by atoms with van der Waals surface area (Å²) in [7, 11) is 0. The van der Waals surface area contributed by atoms with Gasteiger partial charge in [-0.05, 0) is 42.5 Å². The minimum atomic E-state index is -0.343. The highest BCUT2D eigenvalue weighted by molar-refractivity contribution is 8.00. The van der Waals surface area contributed by atoms with Crippen molar-refractivity contribution >= 4 is 40.6 Å². The Morgan fingerprint density at radius 1 is 1.20 bits per heavy atom. The molecule has 1 aliphatic heterocycles. The maximum Gasteiger partial charge on any atom is 0.234 e. The lowest BCUT2D eigenvalue weighted by molar-refractivity contribution is -0.113. The van der Waals surface area contributed by atoms with Crippen molar-refractivity contribution in [3.05, 3.63) is 53.3 Å². The zero-order valence-electron chi connectivity index (χ0n) is 13.5. The van der Waals surface area contributed by atoms with E-state index in [0.29, 0.717) is 42.7 Å². The monoisotopic (exact) mass is 380 g/mol. The molecule has 25 heavy (non-hydrogen) atoms. The van der Waals surface area contributed by atoms with Gasteiger partial charge in [0.05, 0.1) is 24.7 Å². The zero-order chi connectivity index (χ0) is 17.6. The van der Waals surface area contributed by atoms with Gasteiger partial charge in [0.25, 0.3) is 0 Å². The first-order valence-corrected chi connectivity index (χ1v) is 9.28. The fourth-order valence-electron chi connectivity index (χ4n) is 2.52. The molecular weight excluding hydrogens is 363 g/mol. The summed E-state index contributed by atoms with van der Waals surface area (Å²) in [5.41, 5.74) is 0.994. The van der Waals surface area contributed by atoms with Gasteiger partial charge in [0.2, 0.25) is 5.91 Å². The number of halogens is 2. The van der Waals surface area contributed by atoms with Crippen molar-refractivity contribution in [2.45, 2.75) is 4.90 Å². The molecule has 1 saturated heterocycles. The summed E-state index contributed by atoms with van der Waals surface area (Å²) >= 11 is 7.23. The second kappa shape index (κ2) is 8.56. The van der Waals surface area contributed by atoms with Gasteiger partial charge in [-0.2, -0.15) is 0 Å². The van der Waals surface area contributed by atoms with E-state index in [4.69, 9.17) is 16.3 Å². The van der Waals surface area contributed by atoms with E-state index in [1.54, 1.807) is 24.3 Å². The topological polar surface area (TPSA) is 41.6 Å². The predicted molar refractivity (Wildman–Crippen MR) is 100 cm³/mol. The quantitative estimate of drug-likeness (QED) is 0.795. The Hall–Kier alpha value is -1.76. The predicted octanol–water partition coefficient (Wildman–Crippen LogP) is 4.05. The average Bonchev–Trinajstić information content (AvgIpc) is 2.62. The number of amides is 1. The standard InChI is InChI=1S/C18H18ClFN2O2S/c19-13-1-4-15(5-2-13)25-12-18(23)21-14-3-6-17(16(20)11-14)22-7-9-24-10-8-22/h1-6,11H,7-10,12H2,(H,21,23). The van der Waals surface area contributed by atoms with Gasteiger partial charge in [-0.15, -0.1) is 11.8 Å². The highest BCUT2D eigenvalue weighted by atomic mass is 35.5. The molecule has 3 rings (SSSR count). The van der Waals surface area contributed by atoms with Crippen molar-refractivity contribution in [2.75, 3.05) is 42.3 Å². The maximum absolute atomic E-state index is 14.3. The van der Waals surface area contributed by atoms with Gasteiger partial charge in [0.1, 0.15) is 5.82 Å². The third-order valence-corrected chi connectivity index (χ3v) is 5.03. The van der Waals surface area contributed by atoms with Gasteiger partial charge in [-0.1, -0.05) is 11.6 Å². The fraction of sp³-hybridized carbons (Fsp3) is 0.278. The number of nitrogens with zero attached hydrogens (tertiary/aromatic N) is 1. The highest BCUT2D eigenvalue weighted by Crippen LogP contribution is 2.24. The van der Waals surface area contributed by atoms with Crippen molar-refractivity contribution in [3.63, 3.8) is 0 Å². The van der Waals surface area contributed by atoms with Crippen LogP contribution < -0.4 is 10.2 Å². The summed E-state index contributed by atoms with van der Waals surface area (Å²) in [6.07, 6.45) is 0. The van der Waals surface area contributed by atoms with Gasteiger partial charge < -0.3 is 15.0 Å². The van der Waals surface area contributed by atoms with Gasteiger partial charge in [-0.25, -0.2) is 4.39 Å². The van der Waals surface area contributed by atoms with Crippen LogP contribution in [0.3, 0.4) is 0 Å². The van der Waals surface area contributed by atoms with E-state index < -0.39 is 0 Å². The zero-order valence-corrected chi connectivity index (χ0v) is 15.1. The molecule has 132 valence electrons. The molecule has 0 radical (unpaired) electrons. The summed E-state index contributed by atoms with van der Waals surface area (Å²) in [5, 5.41) is 3.38. The van der Waals surface area contributed by atoms with Crippen LogP contribution >= 0.6 is 23.4 Å². The fourth-order valence-corrected chi connectivity index (χ4v) is 3.35. The number of benzene rings is 2. The molecular formula is C18H18ClFN2O2S. The number of nitrogens with one attached hydrogen (secondary N) is 1. The molecule has 2 aromatic carbocycles. The molecule has 0 atom stereocenters. The number of carbonyl (C=O) groups excluding carboxylic acids is 1. The van der Waals surface area contributed by atoms with Crippen LogP contribution in [0.25, 0.3) is 0 Å². The number of hydrogen-bond donors (Lipinski definition) is 1. The minimum Gasteiger partial charge on any atom is -0.378 e. The molecule has 1 amide bonds. The van der Waals surface area contributed by atoms with Crippen molar-refractivity contribution in [1.29, 1.82) is 0 Å². The SMILES string of the molecule is O=C(CSc1ccc(Cl)cc1)Nc1ccc(N2CCOCC2)c(F)c1. The third-order valence-electron chi connectivity index (χ3n) is 3.77. The van der Waals surface area contributed by atoms with Gasteiger partial charge in [0.15, 0.2) is 0 Å². The molecule has 0 aliphatic carbocycles. The van der Waals surface area contributed by atoms with Crippen LogP contribution in [-0.4, -0.2) is 38.0 Å². The number of anilines is 2. The molecule has 1 N–H and O–H groups in total. The Kier molecular flexibility index (Phi) is 6.18. The number of carbonyl (C=O) groups is 1. The van der Waals surface area contributed by atoms with E-state index in [9.17, 15) is 9.18 Å². The average molecular weight is 381 g/mol. The molecule has 1 fully saturated rings. The lowest BCUT2D eigenvalue weighted by Gasteiger charge is -2.29. The molecule has 2 aromatic rings. The van der Waals surface area contributed by atoms with Gasteiger partial charge in [-0.3, -0.25) is 4.79 Å². The second-order valence-electron chi connectivity index (χ2n) is 5.56. The summed E-state index contributed by atoms with van der Waals surface area (Å²) in [6, 6.07) is 12.0. The van der Waals surface area contributed by atoms with Crippen LogP contribution in [0.5, 0.6) is 0 Å². The van der Waals surface area contributed by atoms with Crippen LogP contribution in [0.2, 0.25) is 5.02 Å². The number of morpholine rings is 1. The summed E-state index contributed by atoms with van der Waals surface area (Å²) in [5.74, 6) is -0.280. The van der Waals surface area contributed by atoms with Crippen LogP contribution in [0.4, 0.5) is 15.8 Å². The number of rotatable bonds is 5. The first kappa shape index (κ1) is 18.0. The van der Waals surface area contributed by atoms with Crippen molar-refractivity contribution in [1.82, 2.24) is 0 Å². The molecule has 0 spiro atoms. The second-order valence-corrected chi connectivity index (χ2v) is 7.04. The summed E-state index contributed by atoms with van der Waals surface area (Å²) in [6.45, 7) is 2.53. The van der Waals surface area contributed by atoms with Crippen molar-refractivity contribution in [2.24, 2.45) is 0 Å². The Morgan fingerprint density at radius 2 is 1.92 bits per heavy atom. The lowest BCUT2D eigenvalue weighted by Crippen LogP contribution is -2.36.